The molecule has 0 bridgehead atoms. The molecular weight excluding hydrogens is 428 g/mol. The van der Waals surface area contributed by atoms with Crippen molar-refractivity contribution in [3.05, 3.63) is 95.0 Å². The average molecular weight is 445 g/mol. The smallest absolute Gasteiger partial charge is 0.240 e. The van der Waals surface area contributed by atoms with Gasteiger partial charge >= 0.3 is 0 Å². The molecule has 3 aromatic rings. The Morgan fingerprint density at radius 3 is 2.44 bits per heavy atom. The first-order valence-electron chi connectivity index (χ1n) is 10.3. The minimum absolute atomic E-state index is 0.165. The van der Waals surface area contributed by atoms with Gasteiger partial charge in [0.05, 0.1) is 34.9 Å². The maximum atomic E-state index is 13.7. The van der Waals surface area contributed by atoms with Crippen molar-refractivity contribution in [2.75, 3.05) is 4.90 Å². The van der Waals surface area contributed by atoms with E-state index in [9.17, 15) is 14.4 Å². The largest absolute Gasteiger partial charge is 0.461 e. The Morgan fingerprint density at radius 1 is 0.906 bits per heavy atom. The molecule has 0 aliphatic carbocycles. The molecule has 0 saturated carbocycles. The van der Waals surface area contributed by atoms with E-state index in [1.54, 1.807) is 36.4 Å². The van der Waals surface area contributed by atoms with Gasteiger partial charge in [0.15, 0.2) is 5.76 Å². The van der Waals surface area contributed by atoms with Gasteiger partial charge in [-0.05, 0) is 41.5 Å². The molecule has 4 heterocycles. The van der Waals surface area contributed by atoms with Crippen molar-refractivity contribution in [1.29, 1.82) is 0 Å². The summed E-state index contributed by atoms with van der Waals surface area (Å²) in [7, 11) is 0. The number of carbonyl (C=O) groups excluding carboxylic acids is 3. The van der Waals surface area contributed by atoms with Gasteiger partial charge in [0.2, 0.25) is 17.6 Å². The van der Waals surface area contributed by atoms with E-state index in [-0.39, 0.29) is 17.5 Å². The molecule has 2 saturated heterocycles. The molecular formula is C25H17ClN2O4. The molecule has 2 aromatic carbocycles. The molecule has 6 rings (SSSR count). The summed E-state index contributed by atoms with van der Waals surface area (Å²) in [6.45, 7) is 0. The topological polar surface area (TPSA) is 70.8 Å². The monoisotopic (exact) mass is 444 g/mol. The lowest BCUT2D eigenvalue weighted by atomic mass is 9.84. The highest BCUT2D eigenvalue weighted by atomic mass is 35.5. The highest BCUT2D eigenvalue weighted by Crippen LogP contribution is 2.54. The van der Waals surface area contributed by atoms with Crippen molar-refractivity contribution in [3.63, 3.8) is 0 Å². The van der Waals surface area contributed by atoms with Crippen LogP contribution in [0.5, 0.6) is 0 Å². The van der Waals surface area contributed by atoms with Crippen LogP contribution in [0.4, 0.5) is 5.69 Å². The van der Waals surface area contributed by atoms with Crippen molar-refractivity contribution in [3.8, 4) is 0 Å². The Morgan fingerprint density at radius 2 is 1.66 bits per heavy atom. The number of hydrogen-bond acceptors (Lipinski definition) is 5. The summed E-state index contributed by atoms with van der Waals surface area (Å²) in [4.78, 5) is 43.9. The number of rotatable bonds is 3. The number of fused-ring (bicyclic) bond motifs is 5. The van der Waals surface area contributed by atoms with Crippen LogP contribution >= 0.6 is 11.6 Å². The molecule has 1 aromatic heterocycles. The second-order valence-corrected chi connectivity index (χ2v) is 8.55. The summed E-state index contributed by atoms with van der Waals surface area (Å²) < 4.78 is 5.37. The Hall–Kier alpha value is -3.64. The Balaban J connectivity index is 1.52. The first-order valence-corrected chi connectivity index (χ1v) is 10.7. The lowest BCUT2D eigenvalue weighted by Crippen LogP contribution is -2.44. The van der Waals surface area contributed by atoms with Crippen LogP contribution < -0.4 is 4.90 Å². The van der Waals surface area contributed by atoms with Gasteiger partial charge in [-0.3, -0.25) is 14.4 Å². The number of para-hydroxylation sites is 1. The third kappa shape index (κ3) is 2.50. The first-order chi connectivity index (χ1) is 15.6. The van der Waals surface area contributed by atoms with Gasteiger partial charge in [-0.15, -0.1) is 0 Å². The molecule has 2 fully saturated rings. The van der Waals surface area contributed by atoms with E-state index in [2.05, 4.69) is 0 Å². The fourth-order valence-corrected chi connectivity index (χ4v) is 5.51. The predicted molar refractivity (Wildman–Crippen MR) is 118 cm³/mol. The third-order valence-corrected chi connectivity index (χ3v) is 6.91. The molecule has 4 atom stereocenters. The van der Waals surface area contributed by atoms with E-state index in [4.69, 9.17) is 16.0 Å². The van der Waals surface area contributed by atoms with Crippen molar-refractivity contribution >= 4 is 41.0 Å². The fraction of sp³-hybridized carbons (Fsp3) is 0.160. The van der Waals surface area contributed by atoms with Crippen LogP contribution in [-0.4, -0.2) is 28.5 Å². The van der Waals surface area contributed by atoms with Crippen LogP contribution in [0.25, 0.3) is 6.08 Å². The molecule has 0 unspecified atom stereocenters. The van der Waals surface area contributed by atoms with Crippen molar-refractivity contribution in [1.82, 2.24) is 4.90 Å². The second-order valence-electron chi connectivity index (χ2n) is 8.14. The molecule has 0 N–H and O–H groups in total. The molecule has 2 amide bonds. The number of imide groups is 1. The second kappa shape index (κ2) is 6.93. The zero-order valence-corrected chi connectivity index (χ0v) is 17.5. The number of carbonyl (C=O) groups is 3. The van der Waals surface area contributed by atoms with Gasteiger partial charge in [0.1, 0.15) is 6.04 Å². The number of furan rings is 1. The number of hydrogen-bond donors (Lipinski definition) is 0. The number of amides is 2. The fourth-order valence-electron chi connectivity index (χ4n) is 5.29. The first kappa shape index (κ1) is 19.1. The summed E-state index contributed by atoms with van der Waals surface area (Å²) in [5.74, 6) is -2.48. The summed E-state index contributed by atoms with van der Waals surface area (Å²) >= 11 is 6.34. The van der Waals surface area contributed by atoms with Gasteiger partial charge in [0.25, 0.3) is 0 Å². The normalized spacial score (nSPS) is 25.7. The number of ketones is 1. The van der Waals surface area contributed by atoms with Crippen LogP contribution in [0.1, 0.15) is 27.7 Å². The molecule has 3 aliphatic rings. The molecule has 7 heteroatoms. The zero-order chi connectivity index (χ0) is 22.0. The van der Waals surface area contributed by atoms with Crippen LogP contribution in [-0.2, 0) is 9.59 Å². The Bertz CT molecular complexity index is 1300. The minimum Gasteiger partial charge on any atom is -0.461 e. The van der Waals surface area contributed by atoms with Gasteiger partial charge in [-0.1, -0.05) is 48.0 Å². The molecule has 0 spiro atoms. The van der Waals surface area contributed by atoms with Crippen LogP contribution in [0, 0.1) is 11.8 Å². The van der Waals surface area contributed by atoms with Crippen LogP contribution in [0.3, 0.4) is 0 Å². The highest BCUT2D eigenvalue weighted by Gasteiger charge is 2.65. The number of halogens is 1. The van der Waals surface area contributed by atoms with Gasteiger partial charge in [0, 0.05) is 6.20 Å². The van der Waals surface area contributed by atoms with Crippen LogP contribution in [0.2, 0.25) is 5.02 Å². The summed E-state index contributed by atoms with van der Waals surface area (Å²) in [6, 6.07) is 16.4. The lowest BCUT2D eigenvalue weighted by Gasteiger charge is -2.35. The molecule has 32 heavy (non-hydrogen) atoms. The predicted octanol–water partition coefficient (Wildman–Crippen LogP) is 4.33. The van der Waals surface area contributed by atoms with E-state index in [0.29, 0.717) is 10.7 Å². The summed E-state index contributed by atoms with van der Waals surface area (Å²) in [5, 5.41) is 0.309. The maximum Gasteiger partial charge on any atom is 0.240 e. The van der Waals surface area contributed by atoms with Crippen molar-refractivity contribution in [2.24, 2.45) is 11.8 Å². The molecule has 158 valence electrons. The number of nitrogens with zero attached hydrogens (tertiary/aromatic N) is 2. The van der Waals surface area contributed by atoms with E-state index in [0.717, 1.165) is 16.0 Å². The van der Waals surface area contributed by atoms with Gasteiger partial charge in [-0.2, -0.15) is 0 Å². The van der Waals surface area contributed by atoms with E-state index in [1.165, 1.54) is 6.26 Å². The average Bonchev–Trinajstić information content (AvgIpc) is 3.51. The quantitative estimate of drug-likeness (QED) is 0.444. The summed E-state index contributed by atoms with van der Waals surface area (Å²) in [6.07, 6.45) is 5.16. The van der Waals surface area contributed by atoms with Gasteiger partial charge < -0.3 is 9.32 Å². The van der Waals surface area contributed by atoms with Gasteiger partial charge in [-0.25, -0.2) is 4.90 Å². The Labute approximate surface area is 188 Å². The lowest BCUT2D eigenvalue weighted by molar-refractivity contribution is -0.123. The summed E-state index contributed by atoms with van der Waals surface area (Å²) in [5.41, 5.74) is 2.23. The van der Waals surface area contributed by atoms with Crippen molar-refractivity contribution in [2.45, 2.75) is 12.1 Å². The standard InChI is InChI=1S/C25H17ClN2O4/c26-16-8-3-4-9-17(16)28-24(30)19-20(25(28)31)22(23(29)18-10-5-13-32-18)27-12-11-14-6-1-2-7-15(14)21(19)27/h1-13,19-22H/t19-,20+,21+,22-/m0/s1. The van der Waals surface area contributed by atoms with Crippen molar-refractivity contribution < 1.29 is 18.8 Å². The van der Waals surface area contributed by atoms with Crippen LogP contribution in [0.15, 0.2) is 77.5 Å². The van der Waals surface area contributed by atoms with E-state index < -0.39 is 29.8 Å². The minimum atomic E-state index is -0.857. The SMILES string of the molecule is O=C(c1ccco1)[C@@H]1[C@@H]2C(=O)N(c3ccccc3Cl)C(=O)[C@@H]2[C@H]2c3ccccc3C=CN12. The number of Topliss-reactive ketones (excluding diaryl/α,β-unsaturated/α-hetero) is 1. The van der Waals surface area contributed by atoms with E-state index >= 15 is 0 Å². The third-order valence-electron chi connectivity index (χ3n) is 6.59. The Kier molecular flexibility index (Phi) is 4.13. The number of anilines is 1. The maximum absolute atomic E-state index is 13.7. The molecule has 3 aliphatic heterocycles. The van der Waals surface area contributed by atoms with E-state index in [1.807, 2.05) is 41.4 Å². The molecule has 6 nitrogen and oxygen atoms in total. The molecule has 0 radical (unpaired) electrons. The zero-order valence-electron chi connectivity index (χ0n) is 16.7. The number of benzene rings is 2. The highest BCUT2D eigenvalue weighted by molar-refractivity contribution is 6.36.